The Morgan fingerprint density at radius 1 is 1.24 bits per heavy atom. The van der Waals surface area contributed by atoms with Gasteiger partial charge in [0.05, 0.1) is 23.9 Å². The quantitative estimate of drug-likeness (QED) is 0.548. The summed E-state index contributed by atoms with van der Waals surface area (Å²) in [6.45, 7) is 1.50. The first-order valence-corrected chi connectivity index (χ1v) is 12.6. The van der Waals surface area contributed by atoms with Crippen molar-refractivity contribution in [1.82, 2.24) is 9.88 Å². The number of β-amino-alcohol motifs (C(OH)–C–C–N with tert-alkyl or cyclic N) is 1. The summed E-state index contributed by atoms with van der Waals surface area (Å²) in [5, 5.41) is 11.1. The highest BCUT2D eigenvalue weighted by atomic mass is 32.2. The molecule has 1 atom stereocenters. The number of benzene rings is 2. The molecule has 4 rings (SSSR count). The number of aromatic amines is 1. The Bertz CT molecular complexity index is 1220. The van der Waals surface area contributed by atoms with Crippen molar-refractivity contribution in [2.45, 2.75) is 23.8 Å². The number of anilines is 1. The third-order valence-electron chi connectivity index (χ3n) is 6.04. The van der Waals surface area contributed by atoms with Crippen LogP contribution in [-0.2, 0) is 14.6 Å². The molecule has 176 valence electrons. The fourth-order valence-corrected chi connectivity index (χ4v) is 5.55. The molecule has 1 saturated heterocycles. The van der Waals surface area contributed by atoms with Crippen molar-refractivity contribution in [3.05, 3.63) is 48.5 Å². The SMILES string of the molecule is COC(=O)N(C)CCCS(=O)(=O)c1ccc(N2CC[C@H](O)C2)c(-c2cc3ccccc3[nH]2)c1. The van der Waals surface area contributed by atoms with E-state index in [-0.39, 0.29) is 17.2 Å². The minimum Gasteiger partial charge on any atom is -0.453 e. The van der Waals surface area contributed by atoms with Gasteiger partial charge in [0.25, 0.3) is 0 Å². The third kappa shape index (κ3) is 4.99. The number of sulfone groups is 1. The number of carbonyl (C=O) groups is 1. The van der Waals surface area contributed by atoms with E-state index in [9.17, 15) is 18.3 Å². The summed E-state index contributed by atoms with van der Waals surface area (Å²) >= 11 is 0. The maximum Gasteiger partial charge on any atom is 0.409 e. The number of nitrogens with zero attached hydrogens (tertiary/aromatic N) is 2. The number of aliphatic hydroxyl groups excluding tert-OH is 1. The van der Waals surface area contributed by atoms with Gasteiger partial charge in [0, 0.05) is 54.5 Å². The summed E-state index contributed by atoms with van der Waals surface area (Å²) in [5.41, 5.74) is 3.48. The van der Waals surface area contributed by atoms with Gasteiger partial charge in [-0.15, -0.1) is 0 Å². The molecule has 8 nitrogen and oxygen atoms in total. The summed E-state index contributed by atoms with van der Waals surface area (Å²) in [4.78, 5) is 18.6. The molecule has 0 bridgehead atoms. The van der Waals surface area contributed by atoms with Crippen LogP contribution in [-0.4, -0.2) is 75.2 Å². The van der Waals surface area contributed by atoms with Crippen LogP contribution in [0.1, 0.15) is 12.8 Å². The lowest BCUT2D eigenvalue weighted by Gasteiger charge is -2.22. The normalized spacial score (nSPS) is 16.3. The Balaban J connectivity index is 1.66. The first kappa shape index (κ1) is 23.1. The number of carbonyl (C=O) groups excluding carboxylic acids is 1. The number of hydrogen-bond acceptors (Lipinski definition) is 6. The predicted molar refractivity (Wildman–Crippen MR) is 128 cm³/mol. The minimum absolute atomic E-state index is 0.0811. The number of nitrogens with one attached hydrogen (secondary N) is 1. The molecule has 1 aliphatic heterocycles. The average Bonchev–Trinajstić information content (AvgIpc) is 3.44. The van der Waals surface area contributed by atoms with Crippen LogP contribution in [0.5, 0.6) is 0 Å². The Kier molecular flexibility index (Phi) is 6.62. The largest absolute Gasteiger partial charge is 0.453 e. The van der Waals surface area contributed by atoms with Gasteiger partial charge < -0.3 is 24.6 Å². The first-order chi connectivity index (χ1) is 15.8. The van der Waals surface area contributed by atoms with Crippen molar-refractivity contribution < 1.29 is 23.1 Å². The number of amides is 1. The molecule has 3 aromatic rings. The first-order valence-electron chi connectivity index (χ1n) is 11.0. The van der Waals surface area contributed by atoms with E-state index < -0.39 is 22.0 Å². The molecule has 0 unspecified atom stereocenters. The number of para-hydroxylation sites is 1. The third-order valence-corrected chi connectivity index (χ3v) is 7.84. The van der Waals surface area contributed by atoms with Crippen LogP contribution in [0.15, 0.2) is 53.4 Å². The molecule has 33 heavy (non-hydrogen) atoms. The molecule has 0 radical (unpaired) electrons. The summed E-state index contributed by atoms with van der Waals surface area (Å²) in [5.74, 6) is -0.0811. The van der Waals surface area contributed by atoms with Crippen LogP contribution in [0, 0.1) is 0 Å². The predicted octanol–water partition coefficient (Wildman–Crippen LogP) is 3.27. The van der Waals surface area contributed by atoms with Gasteiger partial charge in [0.2, 0.25) is 0 Å². The second kappa shape index (κ2) is 9.44. The topological polar surface area (TPSA) is 103 Å². The van der Waals surface area contributed by atoms with Crippen LogP contribution >= 0.6 is 0 Å². The molecule has 2 heterocycles. The van der Waals surface area contributed by atoms with Crippen molar-refractivity contribution in [1.29, 1.82) is 0 Å². The fourth-order valence-electron chi connectivity index (χ4n) is 4.24. The smallest absolute Gasteiger partial charge is 0.409 e. The average molecular weight is 472 g/mol. The van der Waals surface area contributed by atoms with Gasteiger partial charge in [0.1, 0.15) is 0 Å². The zero-order chi connectivity index (χ0) is 23.6. The molecule has 1 aliphatic rings. The van der Waals surface area contributed by atoms with Crippen LogP contribution in [0.25, 0.3) is 22.2 Å². The van der Waals surface area contributed by atoms with E-state index in [4.69, 9.17) is 0 Å². The van der Waals surface area contributed by atoms with Gasteiger partial charge in [-0.05, 0) is 43.2 Å². The number of aliphatic hydroxyl groups is 1. The number of methoxy groups -OCH3 is 1. The second-order valence-electron chi connectivity index (χ2n) is 8.40. The van der Waals surface area contributed by atoms with Crippen LogP contribution in [0.4, 0.5) is 10.5 Å². The maximum atomic E-state index is 13.1. The fraction of sp³-hybridized carbons (Fsp3) is 0.375. The monoisotopic (exact) mass is 471 g/mol. The van der Waals surface area contributed by atoms with E-state index in [1.54, 1.807) is 19.2 Å². The molecule has 1 aromatic heterocycles. The molecule has 2 N–H and O–H groups in total. The molecule has 1 amide bonds. The van der Waals surface area contributed by atoms with Crippen LogP contribution < -0.4 is 4.90 Å². The van der Waals surface area contributed by atoms with E-state index in [0.717, 1.165) is 27.8 Å². The maximum absolute atomic E-state index is 13.1. The lowest BCUT2D eigenvalue weighted by Crippen LogP contribution is -2.28. The molecule has 0 aliphatic carbocycles. The number of fused-ring (bicyclic) bond motifs is 1. The molecule has 0 spiro atoms. The summed E-state index contributed by atoms with van der Waals surface area (Å²) in [7, 11) is -0.692. The highest BCUT2D eigenvalue weighted by Gasteiger charge is 2.25. The number of hydrogen-bond donors (Lipinski definition) is 2. The number of aromatic nitrogens is 1. The van der Waals surface area contributed by atoms with E-state index in [2.05, 4.69) is 14.6 Å². The Labute approximate surface area is 193 Å². The molecular formula is C24H29N3O5S. The van der Waals surface area contributed by atoms with Crippen LogP contribution in [0.3, 0.4) is 0 Å². The highest BCUT2D eigenvalue weighted by Crippen LogP contribution is 2.36. The Hall–Kier alpha value is -3.04. The Morgan fingerprint density at radius 3 is 2.73 bits per heavy atom. The molecule has 2 aromatic carbocycles. The van der Waals surface area contributed by atoms with E-state index in [1.807, 2.05) is 36.4 Å². The summed E-state index contributed by atoms with van der Waals surface area (Å²) in [6.07, 6.45) is 0.0942. The zero-order valence-electron chi connectivity index (χ0n) is 18.8. The number of rotatable bonds is 7. The number of ether oxygens (including phenoxy) is 1. The lowest BCUT2D eigenvalue weighted by atomic mass is 10.1. The number of H-pyrrole nitrogens is 1. The molecular weight excluding hydrogens is 442 g/mol. The summed E-state index contributed by atoms with van der Waals surface area (Å²) in [6, 6.07) is 15.1. The van der Waals surface area contributed by atoms with Gasteiger partial charge in [-0.1, -0.05) is 18.2 Å². The van der Waals surface area contributed by atoms with Gasteiger partial charge in [-0.25, -0.2) is 13.2 Å². The van der Waals surface area contributed by atoms with Crippen molar-refractivity contribution in [3.63, 3.8) is 0 Å². The van der Waals surface area contributed by atoms with Crippen molar-refractivity contribution in [3.8, 4) is 11.3 Å². The van der Waals surface area contributed by atoms with Crippen molar-refractivity contribution in [2.24, 2.45) is 0 Å². The zero-order valence-corrected chi connectivity index (χ0v) is 19.6. The Morgan fingerprint density at radius 2 is 2.03 bits per heavy atom. The van der Waals surface area contributed by atoms with E-state index in [0.29, 0.717) is 25.9 Å². The van der Waals surface area contributed by atoms with Crippen molar-refractivity contribution in [2.75, 3.05) is 44.4 Å². The molecule has 9 heteroatoms. The minimum atomic E-state index is -3.56. The van der Waals surface area contributed by atoms with Gasteiger partial charge >= 0.3 is 6.09 Å². The van der Waals surface area contributed by atoms with Gasteiger partial charge in [-0.3, -0.25) is 0 Å². The molecule has 1 fully saturated rings. The standard InChI is InChI=1S/C24H29N3O5S/c1-26(24(29)32-2)11-5-13-33(30,31)19-8-9-23(27-12-10-18(28)16-27)20(15-19)22-14-17-6-3-4-7-21(17)25-22/h3-4,6-9,14-15,18,25,28H,5,10-13,16H2,1-2H3/t18-/m0/s1. The van der Waals surface area contributed by atoms with Gasteiger partial charge in [0.15, 0.2) is 9.84 Å². The van der Waals surface area contributed by atoms with E-state index in [1.165, 1.54) is 12.0 Å². The van der Waals surface area contributed by atoms with Gasteiger partial charge in [-0.2, -0.15) is 0 Å². The van der Waals surface area contributed by atoms with Crippen molar-refractivity contribution >= 4 is 32.5 Å². The van der Waals surface area contributed by atoms with Crippen LogP contribution in [0.2, 0.25) is 0 Å². The lowest BCUT2D eigenvalue weighted by molar-refractivity contribution is 0.133. The highest BCUT2D eigenvalue weighted by molar-refractivity contribution is 7.91. The second-order valence-corrected chi connectivity index (χ2v) is 10.5. The van der Waals surface area contributed by atoms with E-state index >= 15 is 0 Å². The molecule has 0 saturated carbocycles. The summed E-state index contributed by atoms with van der Waals surface area (Å²) < 4.78 is 30.8.